The number of rotatable bonds is 2. The first-order valence-corrected chi connectivity index (χ1v) is 6.20. The fourth-order valence-corrected chi connectivity index (χ4v) is 2.22. The van der Waals surface area contributed by atoms with Gasteiger partial charge in [-0.2, -0.15) is 0 Å². The van der Waals surface area contributed by atoms with Crippen molar-refractivity contribution >= 4 is 11.7 Å². The van der Waals surface area contributed by atoms with Crippen molar-refractivity contribution in [1.82, 2.24) is 15.3 Å². The number of amides is 1. The van der Waals surface area contributed by atoms with Crippen molar-refractivity contribution < 1.29 is 4.79 Å². The second-order valence-corrected chi connectivity index (χ2v) is 4.49. The monoisotopic (exact) mass is 254 g/mol. The van der Waals surface area contributed by atoms with Gasteiger partial charge in [0.2, 0.25) is 5.91 Å². The van der Waals surface area contributed by atoms with Crippen molar-refractivity contribution in [1.29, 1.82) is 0 Å². The molecule has 1 aromatic carbocycles. The molecule has 2 heterocycles. The van der Waals surface area contributed by atoms with Gasteiger partial charge in [0.25, 0.3) is 0 Å². The Morgan fingerprint density at radius 2 is 2.11 bits per heavy atom. The van der Waals surface area contributed by atoms with Gasteiger partial charge < -0.3 is 10.6 Å². The Hall–Kier alpha value is -2.27. The van der Waals surface area contributed by atoms with Gasteiger partial charge in [0, 0.05) is 18.9 Å². The predicted octanol–water partition coefficient (Wildman–Crippen LogP) is 1.13. The number of carbonyl (C=O) groups excluding carboxylic acids is 1. The molecule has 5 nitrogen and oxygen atoms in total. The summed E-state index contributed by atoms with van der Waals surface area (Å²) in [6.07, 6.45) is 5.36. The molecule has 0 radical (unpaired) electrons. The number of hydrogen-bond acceptors (Lipinski definition) is 4. The third kappa shape index (κ3) is 2.61. The van der Waals surface area contributed by atoms with Crippen LogP contribution in [0.15, 0.2) is 42.9 Å². The lowest BCUT2D eigenvalue weighted by molar-refractivity contribution is -0.118. The largest absolute Gasteiger partial charge is 0.308 e. The van der Waals surface area contributed by atoms with Crippen molar-refractivity contribution in [2.45, 2.75) is 19.0 Å². The highest BCUT2D eigenvalue weighted by atomic mass is 16.2. The lowest BCUT2D eigenvalue weighted by atomic mass is 9.95. The van der Waals surface area contributed by atoms with Crippen LogP contribution in [0.2, 0.25) is 0 Å². The minimum atomic E-state index is -0.225. The fraction of sp³-hybridized carbons (Fsp3) is 0.214. The number of nitrogens with one attached hydrogen (secondary N) is 2. The molecule has 0 unspecified atom stereocenters. The van der Waals surface area contributed by atoms with Gasteiger partial charge in [0.05, 0.1) is 12.2 Å². The Bertz CT molecular complexity index is 585. The molecule has 0 saturated heterocycles. The number of fused-ring (bicyclic) bond motifs is 1. The smallest absolute Gasteiger partial charge is 0.243 e. The van der Waals surface area contributed by atoms with Crippen molar-refractivity contribution in [2.75, 3.05) is 5.32 Å². The van der Waals surface area contributed by atoms with Gasteiger partial charge in [0.1, 0.15) is 0 Å². The molecule has 0 saturated carbocycles. The van der Waals surface area contributed by atoms with Crippen molar-refractivity contribution in [2.24, 2.45) is 0 Å². The first-order valence-electron chi connectivity index (χ1n) is 6.20. The zero-order chi connectivity index (χ0) is 13.1. The molecule has 1 aliphatic rings. The van der Waals surface area contributed by atoms with Gasteiger partial charge in [-0.15, -0.1) is 0 Å². The first kappa shape index (κ1) is 11.8. The molecule has 0 fully saturated rings. The maximum Gasteiger partial charge on any atom is 0.243 e. The molecule has 1 aliphatic heterocycles. The highest BCUT2D eigenvalue weighted by molar-refractivity contribution is 5.94. The molecule has 1 amide bonds. The van der Waals surface area contributed by atoms with Crippen LogP contribution in [0.4, 0.5) is 5.82 Å². The second-order valence-electron chi connectivity index (χ2n) is 4.49. The summed E-state index contributed by atoms with van der Waals surface area (Å²) in [5.41, 5.74) is 2.48. The number of hydrogen-bond donors (Lipinski definition) is 2. The summed E-state index contributed by atoms with van der Waals surface area (Å²) >= 11 is 0. The van der Waals surface area contributed by atoms with E-state index in [0.717, 1.165) is 0 Å². The Morgan fingerprint density at radius 1 is 1.26 bits per heavy atom. The van der Waals surface area contributed by atoms with Crippen molar-refractivity contribution in [3.05, 3.63) is 54.0 Å². The summed E-state index contributed by atoms with van der Waals surface area (Å²) in [4.78, 5) is 20.1. The van der Waals surface area contributed by atoms with Crippen molar-refractivity contribution in [3.8, 4) is 0 Å². The average molecular weight is 254 g/mol. The number of carbonyl (C=O) groups is 1. The van der Waals surface area contributed by atoms with E-state index in [2.05, 4.69) is 32.7 Å². The lowest BCUT2D eigenvalue weighted by Gasteiger charge is -2.25. The van der Waals surface area contributed by atoms with Gasteiger partial charge in [-0.1, -0.05) is 24.3 Å². The first-order chi connectivity index (χ1) is 9.33. The third-order valence-corrected chi connectivity index (χ3v) is 3.21. The van der Waals surface area contributed by atoms with Crippen LogP contribution in [0.3, 0.4) is 0 Å². The summed E-state index contributed by atoms with van der Waals surface area (Å²) in [6.45, 7) is 0.717. The zero-order valence-corrected chi connectivity index (χ0v) is 10.3. The van der Waals surface area contributed by atoms with Crippen LogP contribution in [0.5, 0.6) is 0 Å². The third-order valence-electron chi connectivity index (χ3n) is 3.21. The normalized spacial score (nSPS) is 17.6. The minimum absolute atomic E-state index is 0.0741. The molecule has 0 spiro atoms. The van der Waals surface area contributed by atoms with Crippen LogP contribution in [-0.2, 0) is 17.8 Å². The molecule has 2 N–H and O–H groups in total. The van der Waals surface area contributed by atoms with E-state index in [0.29, 0.717) is 18.8 Å². The minimum Gasteiger partial charge on any atom is -0.308 e. The SMILES string of the molecule is O=C(Nc1cnccn1)[C@@H]1Cc2ccccc2CN1. The van der Waals surface area contributed by atoms with Gasteiger partial charge in [-0.3, -0.25) is 9.78 Å². The fourth-order valence-electron chi connectivity index (χ4n) is 2.22. The Balaban J connectivity index is 1.70. The number of nitrogens with zero attached hydrogens (tertiary/aromatic N) is 2. The highest BCUT2D eigenvalue weighted by Gasteiger charge is 2.23. The number of anilines is 1. The van der Waals surface area contributed by atoms with Gasteiger partial charge in [-0.05, 0) is 17.5 Å². The molecule has 2 aromatic rings. The molecule has 1 aromatic heterocycles. The van der Waals surface area contributed by atoms with Crippen molar-refractivity contribution in [3.63, 3.8) is 0 Å². The van der Waals surface area contributed by atoms with Crippen LogP contribution < -0.4 is 10.6 Å². The average Bonchev–Trinajstić information content (AvgIpc) is 2.48. The van der Waals surface area contributed by atoms with E-state index in [9.17, 15) is 4.79 Å². The maximum absolute atomic E-state index is 12.1. The van der Waals surface area contributed by atoms with E-state index in [1.165, 1.54) is 17.3 Å². The molecule has 0 aliphatic carbocycles. The lowest BCUT2D eigenvalue weighted by Crippen LogP contribution is -2.44. The number of benzene rings is 1. The summed E-state index contributed by atoms with van der Waals surface area (Å²) in [7, 11) is 0. The van der Waals surface area contributed by atoms with E-state index in [1.807, 2.05) is 12.1 Å². The standard InChI is InChI=1S/C14H14N4O/c19-14(18-13-9-15-5-6-16-13)12-7-10-3-1-2-4-11(10)8-17-12/h1-6,9,12,17H,7-8H2,(H,16,18,19)/t12-/m0/s1. The molecule has 5 heteroatoms. The topological polar surface area (TPSA) is 66.9 Å². The van der Waals surface area contributed by atoms with E-state index in [-0.39, 0.29) is 11.9 Å². The second kappa shape index (κ2) is 5.16. The Kier molecular flexibility index (Phi) is 3.20. The van der Waals surface area contributed by atoms with Gasteiger partial charge in [0.15, 0.2) is 5.82 Å². The summed E-state index contributed by atoms with van der Waals surface area (Å²) in [6, 6.07) is 7.94. The molecule has 0 bridgehead atoms. The molecule has 96 valence electrons. The van der Waals surface area contributed by atoms with Gasteiger partial charge in [-0.25, -0.2) is 4.98 Å². The Morgan fingerprint density at radius 3 is 2.89 bits per heavy atom. The molecular formula is C14H14N4O. The zero-order valence-electron chi connectivity index (χ0n) is 10.3. The summed E-state index contributed by atoms with van der Waals surface area (Å²) in [5.74, 6) is 0.406. The van der Waals surface area contributed by atoms with Crippen LogP contribution >= 0.6 is 0 Å². The van der Waals surface area contributed by atoms with Crippen LogP contribution in [0.25, 0.3) is 0 Å². The predicted molar refractivity (Wildman–Crippen MR) is 71.4 cm³/mol. The highest BCUT2D eigenvalue weighted by Crippen LogP contribution is 2.16. The van der Waals surface area contributed by atoms with Gasteiger partial charge >= 0.3 is 0 Å². The van der Waals surface area contributed by atoms with E-state index >= 15 is 0 Å². The molecular weight excluding hydrogens is 240 g/mol. The maximum atomic E-state index is 12.1. The van der Waals surface area contributed by atoms with E-state index in [1.54, 1.807) is 12.4 Å². The van der Waals surface area contributed by atoms with E-state index in [4.69, 9.17) is 0 Å². The molecule has 19 heavy (non-hydrogen) atoms. The molecule has 1 atom stereocenters. The number of aromatic nitrogens is 2. The molecule has 3 rings (SSSR count). The van der Waals surface area contributed by atoms with Crippen LogP contribution in [0.1, 0.15) is 11.1 Å². The van der Waals surface area contributed by atoms with Crippen LogP contribution in [0, 0.1) is 0 Å². The Labute approximate surface area is 111 Å². The van der Waals surface area contributed by atoms with E-state index < -0.39 is 0 Å². The van der Waals surface area contributed by atoms with Crippen LogP contribution in [-0.4, -0.2) is 21.9 Å². The summed E-state index contributed by atoms with van der Waals surface area (Å²) < 4.78 is 0. The quantitative estimate of drug-likeness (QED) is 0.843. The summed E-state index contributed by atoms with van der Waals surface area (Å²) in [5, 5.41) is 6.00.